The third-order valence-corrected chi connectivity index (χ3v) is 4.64. The Morgan fingerprint density at radius 1 is 1.00 bits per heavy atom. The third kappa shape index (κ3) is 3.45. The summed E-state index contributed by atoms with van der Waals surface area (Å²) in [5.74, 6) is 0.645. The number of imidazole rings is 1. The average Bonchev–Trinajstić information content (AvgIpc) is 3.20. The van der Waals surface area contributed by atoms with Crippen LogP contribution in [0.2, 0.25) is 0 Å². The zero-order valence-electron chi connectivity index (χ0n) is 15.5. The van der Waals surface area contributed by atoms with Crippen LogP contribution in [0.25, 0.3) is 22.1 Å². The summed E-state index contributed by atoms with van der Waals surface area (Å²) in [4.78, 5) is 6.52. The van der Waals surface area contributed by atoms with Crippen molar-refractivity contribution in [2.24, 2.45) is 0 Å². The van der Waals surface area contributed by atoms with E-state index in [0.717, 1.165) is 29.7 Å². The molecule has 0 saturated heterocycles. The fourth-order valence-corrected chi connectivity index (χ4v) is 3.19. The van der Waals surface area contributed by atoms with Crippen molar-refractivity contribution in [2.45, 2.75) is 19.3 Å². The molecular formula is C19H19F3N6. The van der Waals surface area contributed by atoms with Crippen LogP contribution in [0, 0.1) is 0 Å². The molecule has 0 aliphatic heterocycles. The molecule has 2 heterocycles. The van der Waals surface area contributed by atoms with E-state index in [1.54, 1.807) is 4.68 Å². The van der Waals surface area contributed by atoms with Gasteiger partial charge in [-0.15, -0.1) is 5.10 Å². The topological polar surface area (TPSA) is 51.8 Å². The van der Waals surface area contributed by atoms with Gasteiger partial charge in [0, 0.05) is 13.1 Å². The second kappa shape index (κ2) is 6.90. The van der Waals surface area contributed by atoms with Crippen molar-refractivity contribution in [2.75, 3.05) is 20.6 Å². The first kappa shape index (κ1) is 18.4. The van der Waals surface area contributed by atoms with E-state index >= 15 is 0 Å². The minimum Gasteiger partial charge on any atom is -0.325 e. The van der Waals surface area contributed by atoms with Crippen LogP contribution in [0.5, 0.6) is 0 Å². The summed E-state index contributed by atoms with van der Waals surface area (Å²) in [5, 5.41) is 8.31. The van der Waals surface area contributed by atoms with Crippen LogP contribution in [-0.4, -0.2) is 50.1 Å². The molecule has 0 bridgehead atoms. The molecule has 28 heavy (non-hydrogen) atoms. The maximum atomic E-state index is 13.1. The number of nitrogens with zero attached hydrogens (tertiary/aromatic N) is 6. The monoisotopic (exact) mass is 388 g/mol. The van der Waals surface area contributed by atoms with Crippen molar-refractivity contribution in [1.82, 2.24) is 29.4 Å². The third-order valence-electron chi connectivity index (χ3n) is 4.64. The van der Waals surface area contributed by atoms with Crippen molar-refractivity contribution in [3.8, 4) is 0 Å². The van der Waals surface area contributed by atoms with E-state index in [-0.39, 0.29) is 0 Å². The van der Waals surface area contributed by atoms with E-state index in [1.165, 1.54) is 6.07 Å². The van der Waals surface area contributed by atoms with Crippen LogP contribution in [0.15, 0.2) is 42.5 Å². The predicted octanol–water partition coefficient (Wildman–Crippen LogP) is 3.41. The van der Waals surface area contributed by atoms with E-state index in [0.29, 0.717) is 29.9 Å². The molecule has 0 saturated carbocycles. The van der Waals surface area contributed by atoms with E-state index < -0.39 is 11.7 Å². The molecule has 0 unspecified atom stereocenters. The van der Waals surface area contributed by atoms with Crippen LogP contribution >= 0.6 is 0 Å². The van der Waals surface area contributed by atoms with Crippen LogP contribution in [0.1, 0.15) is 11.4 Å². The van der Waals surface area contributed by atoms with Crippen molar-refractivity contribution >= 4 is 22.1 Å². The zero-order valence-corrected chi connectivity index (χ0v) is 15.5. The first-order valence-electron chi connectivity index (χ1n) is 8.82. The Kier molecular flexibility index (Phi) is 4.54. The van der Waals surface area contributed by atoms with Gasteiger partial charge in [0.1, 0.15) is 17.9 Å². The van der Waals surface area contributed by atoms with Crippen LogP contribution in [0.4, 0.5) is 13.2 Å². The zero-order chi connectivity index (χ0) is 19.9. The maximum absolute atomic E-state index is 13.1. The summed E-state index contributed by atoms with van der Waals surface area (Å²) in [6.45, 7) is 1.67. The highest BCUT2D eigenvalue weighted by Gasteiger charge is 2.31. The number of para-hydroxylation sites is 1. The number of alkyl halides is 3. The summed E-state index contributed by atoms with van der Waals surface area (Å²) in [6, 6.07) is 11.2. The van der Waals surface area contributed by atoms with Gasteiger partial charge in [-0.2, -0.15) is 13.2 Å². The Bertz CT molecular complexity index is 1130. The van der Waals surface area contributed by atoms with Gasteiger partial charge < -0.3 is 9.47 Å². The van der Waals surface area contributed by atoms with Gasteiger partial charge in [-0.3, -0.25) is 0 Å². The van der Waals surface area contributed by atoms with Crippen molar-refractivity contribution in [3.63, 3.8) is 0 Å². The Hall–Kier alpha value is -2.94. The Morgan fingerprint density at radius 2 is 1.79 bits per heavy atom. The number of hydrogen-bond donors (Lipinski definition) is 0. The molecule has 0 amide bonds. The molecule has 4 rings (SSSR count). The fraction of sp³-hybridized carbons (Fsp3) is 0.316. The summed E-state index contributed by atoms with van der Waals surface area (Å²) in [5.41, 5.74) is 1.92. The average molecular weight is 388 g/mol. The molecule has 146 valence electrons. The Morgan fingerprint density at radius 3 is 2.54 bits per heavy atom. The minimum absolute atomic E-state index is 0.323. The van der Waals surface area contributed by atoms with Crippen molar-refractivity contribution in [3.05, 3.63) is 53.9 Å². The van der Waals surface area contributed by atoms with E-state index in [1.807, 2.05) is 47.8 Å². The standard InChI is InChI=1S/C19H19F3N6/c1-26(2)9-10-27-16-8-7-13(19(20,21)22)11-15(16)23-18(27)12-28-17-6-4-3-5-14(17)24-25-28/h3-8,11H,9-10,12H2,1-2H3. The Labute approximate surface area is 159 Å². The lowest BCUT2D eigenvalue weighted by Crippen LogP contribution is -2.20. The van der Waals surface area contributed by atoms with E-state index in [4.69, 9.17) is 0 Å². The second-order valence-corrected chi connectivity index (χ2v) is 6.92. The largest absolute Gasteiger partial charge is 0.416 e. The number of likely N-dealkylation sites (N-methyl/N-ethyl adjacent to an activating group) is 1. The summed E-state index contributed by atoms with van der Waals surface area (Å²) < 4.78 is 42.9. The predicted molar refractivity (Wildman–Crippen MR) is 99.9 cm³/mol. The molecule has 0 N–H and O–H groups in total. The van der Waals surface area contributed by atoms with Gasteiger partial charge in [0.2, 0.25) is 0 Å². The van der Waals surface area contributed by atoms with Gasteiger partial charge in [0.15, 0.2) is 0 Å². The normalized spacial score (nSPS) is 12.5. The van der Waals surface area contributed by atoms with Crippen LogP contribution < -0.4 is 0 Å². The lowest BCUT2D eigenvalue weighted by Gasteiger charge is -2.14. The highest BCUT2D eigenvalue weighted by Crippen LogP contribution is 2.31. The van der Waals surface area contributed by atoms with E-state index in [9.17, 15) is 13.2 Å². The maximum Gasteiger partial charge on any atom is 0.416 e. The van der Waals surface area contributed by atoms with E-state index in [2.05, 4.69) is 15.3 Å². The number of hydrogen-bond acceptors (Lipinski definition) is 4. The number of benzene rings is 2. The quantitative estimate of drug-likeness (QED) is 0.526. The van der Waals surface area contributed by atoms with Gasteiger partial charge in [-0.05, 0) is 44.4 Å². The number of aromatic nitrogens is 5. The summed E-state index contributed by atoms with van der Waals surface area (Å²) in [6.07, 6.45) is -4.40. The second-order valence-electron chi connectivity index (χ2n) is 6.92. The van der Waals surface area contributed by atoms with Crippen LogP contribution in [0.3, 0.4) is 0 Å². The molecule has 6 nitrogen and oxygen atoms in total. The fourth-order valence-electron chi connectivity index (χ4n) is 3.19. The molecule has 0 aliphatic rings. The highest BCUT2D eigenvalue weighted by molar-refractivity contribution is 5.77. The molecule has 0 spiro atoms. The highest BCUT2D eigenvalue weighted by atomic mass is 19.4. The lowest BCUT2D eigenvalue weighted by atomic mass is 10.2. The Balaban J connectivity index is 1.79. The smallest absolute Gasteiger partial charge is 0.325 e. The van der Waals surface area contributed by atoms with Gasteiger partial charge in [-0.1, -0.05) is 17.3 Å². The molecule has 4 aromatic rings. The van der Waals surface area contributed by atoms with Crippen LogP contribution in [-0.2, 0) is 19.3 Å². The van der Waals surface area contributed by atoms with Gasteiger partial charge in [0.05, 0.1) is 22.1 Å². The molecule has 0 fully saturated rings. The van der Waals surface area contributed by atoms with Gasteiger partial charge in [0.25, 0.3) is 0 Å². The number of fused-ring (bicyclic) bond motifs is 2. The molecule has 0 atom stereocenters. The first-order chi connectivity index (χ1) is 13.3. The molecule has 0 aliphatic carbocycles. The summed E-state index contributed by atoms with van der Waals surface area (Å²) >= 11 is 0. The summed E-state index contributed by atoms with van der Waals surface area (Å²) in [7, 11) is 3.90. The molecular weight excluding hydrogens is 369 g/mol. The molecule has 9 heteroatoms. The number of rotatable bonds is 5. The minimum atomic E-state index is -4.40. The van der Waals surface area contributed by atoms with Crippen molar-refractivity contribution in [1.29, 1.82) is 0 Å². The van der Waals surface area contributed by atoms with Gasteiger partial charge in [-0.25, -0.2) is 9.67 Å². The number of halogens is 3. The molecule has 2 aromatic heterocycles. The molecule has 0 radical (unpaired) electrons. The van der Waals surface area contributed by atoms with Crippen molar-refractivity contribution < 1.29 is 13.2 Å². The lowest BCUT2D eigenvalue weighted by molar-refractivity contribution is -0.137. The molecule has 2 aromatic carbocycles. The first-order valence-corrected chi connectivity index (χ1v) is 8.82. The van der Waals surface area contributed by atoms with Gasteiger partial charge >= 0.3 is 6.18 Å². The SMILES string of the molecule is CN(C)CCn1c(Cn2nnc3ccccc32)nc2cc(C(F)(F)F)ccc21.